The van der Waals surface area contributed by atoms with Gasteiger partial charge in [-0.05, 0) is 17.7 Å². The van der Waals surface area contributed by atoms with Gasteiger partial charge in [-0.3, -0.25) is 0 Å². The van der Waals surface area contributed by atoms with Gasteiger partial charge in [0.2, 0.25) is 0 Å². The predicted molar refractivity (Wildman–Crippen MR) is 62.9 cm³/mol. The highest BCUT2D eigenvalue weighted by Gasteiger charge is 2.03. The summed E-state index contributed by atoms with van der Waals surface area (Å²) in [7, 11) is 0. The summed E-state index contributed by atoms with van der Waals surface area (Å²) < 4.78 is 2.09. The Balaban J connectivity index is 2.50. The molecule has 0 fully saturated rings. The van der Waals surface area contributed by atoms with E-state index in [1.165, 1.54) is 5.54 Å². The van der Waals surface area contributed by atoms with E-state index >= 15 is 0 Å². The highest BCUT2D eigenvalue weighted by molar-refractivity contribution is 6.25. The van der Waals surface area contributed by atoms with Gasteiger partial charge in [-0.25, -0.2) is 0 Å². The lowest BCUT2D eigenvalue weighted by Crippen LogP contribution is -1.92. The van der Waals surface area contributed by atoms with Crippen LogP contribution in [-0.2, 0) is 13.2 Å². The molecule has 2 aromatic rings. The molecular formula is C12H12ClNO. The summed E-state index contributed by atoms with van der Waals surface area (Å²) in [6.45, 7) is 0.828. The van der Waals surface area contributed by atoms with Crippen molar-refractivity contribution in [2.75, 3.05) is 0 Å². The number of nitrogens with zero attached hydrogens (tertiary/aromatic N) is 1. The first-order valence-electron chi connectivity index (χ1n) is 4.79. The van der Waals surface area contributed by atoms with Crippen LogP contribution in [0, 0.1) is 0 Å². The third-order valence-electron chi connectivity index (χ3n) is 2.47. The van der Waals surface area contributed by atoms with Crippen LogP contribution in [0.3, 0.4) is 0 Å². The molecule has 1 aromatic carbocycles. The van der Waals surface area contributed by atoms with Crippen LogP contribution in [0.1, 0.15) is 5.56 Å². The summed E-state index contributed by atoms with van der Waals surface area (Å²) in [4.78, 5) is 0. The van der Waals surface area contributed by atoms with Gasteiger partial charge in [-0.2, -0.15) is 0 Å². The minimum absolute atomic E-state index is 0.0761. The lowest BCUT2D eigenvalue weighted by Gasteiger charge is -2.02. The van der Waals surface area contributed by atoms with Crippen molar-refractivity contribution < 1.29 is 5.11 Å². The van der Waals surface area contributed by atoms with Gasteiger partial charge in [0.25, 0.3) is 0 Å². The van der Waals surface area contributed by atoms with Gasteiger partial charge in [0.15, 0.2) is 0 Å². The van der Waals surface area contributed by atoms with Crippen LogP contribution in [0.25, 0.3) is 10.9 Å². The maximum absolute atomic E-state index is 9.18. The number of halogens is 1. The van der Waals surface area contributed by atoms with Crippen LogP contribution in [-0.4, -0.2) is 9.67 Å². The Morgan fingerprint density at radius 3 is 2.93 bits per heavy atom. The molecular weight excluding hydrogens is 210 g/mol. The molecule has 2 rings (SSSR count). The summed E-state index contributed by atoms with van der Waals surface area (Å²) in [5, 5.41) is 10.3. The average Bonchev–Trinajstić information content (AvgIpc) is 2.69. The van der Waals surface area contributed by atoms with Gasteiger partial charge in [-0.15, -0.1) is 0 Å². The SMILES string of the molecule is OCc1cccc2c1ccn2CC=CCl. The van der Waals surface area contributed by atoms with Gasteiger partial charge in [0.05, 0.1) is 6.61 Å². The third kappa shape index (κ3) is 1.91. The van der Waals surface area contributed by atoms with E-state index in [2.05, 4.69) is 4.57 Å². The molecule has 0 aliphatic rings. The van der Waals surface area contributed by atoms with Crippen LogP contribution >= 0.6 is 11.6 Å². The van der Waals surface area contributed by atoms with E-state index in [0.29, 0.717) is 0 Å². The molecule has 0 amide bonds. The largest absolute Gasteiger partial charge is 0.392 e. The number of hydrogen-bond donors (Lipinski definition) is 1. The zero-order valence-electron chi connectivity index (χ0n) is 8.23. The molecule has 2 nitrogen and oxygen atoms in total. The number of hydrogen-bond acceptors (Lipinski definition) is 1. The normalized spacial score (nSPS) is 11.6. The van der Waals surface area contributed by atoms with E-state index in [4.69, 9.17) is 11.6 Å². The number of allylic oxidation sites excluding steroid dienone is 1. The van der Waals surface area contributed by atoms with Crippen LogP contribution < -0.4 is 0 Å². The molecule has 0 bridgehead atoms. The average molecular weight is 222 g/mol. The Labute approximate surface area is 93.4 Å². The molecule has 1 aromatic heterocycles. The molecule has 78 valence electrons. The van der Waals surface area contributed by atoms with Gasteiger partial charge in [0.1, 0.15) is 0 Å². The monoisotopic (exact) mass is 221 g/mol. The number of rotatable bonds is 3. The van der Waals surface area contributed by atoms with Crippen molar-refractivity contribution >= 4 is 22.5 Å². The summed E-state index contributed by atoms with van der Waals surface area (Å²) in [6, 6.07) is 7.94. The highest BCUT2D eigenvalue weighted by atomic mass is 35.5. The molecule has 1 N–H and O–H groups in total. The molecule has 0 aliphatic carbocycles. The molecule has 0 saturated heterocycles. The second kappa shape index (κ2) is 4.51. The van der Waals surface area contributed by atoms with Gasteiger partial charge >= 0.3 is 0 Å². The highest BCUT2D eigenvalue weighted by Crippen LogP contribution is 2.20. The van der Waals surface area contributed by atoms with E-state index in [9.17, 15) is 5.11 Å². The minimum Gasteiger partial charge on any atom is -0.392 e. The third-order valence-corrected chi connectivity index (χ3v) is 2.64. The smallest absolute Gasteiger partial charge is 0.0688 e. The number of aromatic nitrogens is 1. The summed E-state index contributed by atoms with van der Waals surface area (Å²) in [5.41, 5.74) is 3.60. The zero-order chi connectivity index (χ0) is 10.7. The van der Waals surface area contributed by atoms with Crippen molar-refractivity contribution in [3.05, 3.63) is 47.6 Å². The molecule has 0 spiro atoms. The van der Waals surface area contributed by atoms with Crippen LogP contribution in [0.15, 0.2) is 42.1 Å². The number of aliphatic hydroxyl groups is 1. The molecule has 3 heteroatoms. The molecule has 0 unspecified atom stereocenters. The second-order valence-corrected chi connectivity index (χ2v) is 3.59. The summed E-state index contributed by atoms with van der Waals surface area (Å²) in [5.74, 6) is 0. The van der Waals surface area contributed by atoms with Crippen molar-refractivity contribution in [3.63, 3.8) is 0 Å². The fraction of sp³-hybridized carbons (Fsp3) is 0.167. The summed E-state index contributed by atoms with van der Waals surface area (Å²) in [6.07, 6.45) is 3.88. The van der Waals surface area contributed by atoms with Gasteiger partial charge < -0.3 is 9.67 Å². The van der Waals surface area contributed by atoms with Crippen molar-refractivity contribution in [1.82, 2.24) is 4.57 Å². The number of benzene rings is 1. The molecule has 15 heavy (non-hydrogen) atoms. The molecule has 0 radical (unpaired) electrons. The molecule has 0 atom stereocenters. The first kappa shape index (κ1) is 10.3. The van der Waals surface area contributed by atoms with Crippen LogP contribution in [0.5, 0.6) is 0 Å². The fourth-order valence-corrected chi connectivity index (χ4v) is 1.82. The fourth-order valence-electron chi connectivity index (χ4n) is 1.74. The second-order valence-electron chi connectivity index (χ2n) is 3.34. The quantitative estimate of drug-likeness (QED) is 0.847. The van der Waals surface area contributed by atoms with E-state index in [1.807, 2.05) is 36.5 Å². The predicted octanol–water partition coefficient (Wildman–Crippen LogP) is 2.89. The Morgan fingerprint density at radius 2 is 2.20 bits per heavy atom. The van der Waals surface area contributed by atoms with Crippen molar-refractivity contribution in [2.24, 2.45) is 0 Å². The van der Waals surface area contributed by atoms with E-state index < -0.39 is 0 Å². The van der Waals surface area contributed by atoms with Crippen LogP contribution in [0.2, 0.25) is 0 Å². The van der Waals surface area contributed by atoms with Crippen molar-refractivity contribution in [1.29, 1.82) is 0 Å². The molecule has 1 heterocycles. The number of fused-ring (bicyclic) bond motifs is 1. The summed E-state index contributed by atoms with van der Waals surface area (Å²) >= 11 is 5.49. The molecule has 0 aliphatic heterocycles. The first-order valence-corrected chi connectivity index (χ1v) is 5.23. The van der Waals surface area contributed by atoms with E-state index in [0.717, 1.165) is 23.0 Å². The Bertz CT molecular complexity index is 487. The van der Waals surface area contributed by atoms with Crippen LogP contribution in [0.4, 0.5) is 0 Å². The topological polar surface area (TPSA) is 25.2 Å². The van der Waals surface area contributed by atoms with Crippen molar-refractivity contribution in [3.8, 4) is 0 Å². The van der Waals surface area contributed by atoms with E-state index in [-0.39, 0.29) is 6.61 Å². The molecule has 0 saturated carbocycles. The first-order chi connectivity index (χ1) is 7.36. The van der Waals surface area contributed by atoms with Crippen molar-refractivity contribution in [2.45, 2.75) is 13.2 Å². The van der Waals surface area contributed by atoms with Gasteiger partial charge in [-0.1, -0.05) is 29.8 Å². The van der Waals surface area contributed by atoms with E-state index in [1.54, 1.807) is 0 Å². The Hall–Kier alpha value is -1.25. The standard InChI is InChI=1S/C12H12ClNO/c13-6-2-7-14-8-5-11-10(9-15)3-1-4-12(11)14/h1-6,8,15H,7,9H2. The maximum Gasteiger partial charge on any atom is 0.0688 e. The lowest BCUT2D eigenvalue weighted by molar-refractivity contribution is 0.283. The Morgan fingerprint density at radius 1 is 1.33 bits per heavy atom. The zero-order valence-corrected chi connectivity index (χ0v) is 8.98. The minimum atomic E-state index is 0.0761. The number of aliphatic hydroxyl groups excluding tert-OH is 1. The van der Waals surface area contributed by atoms with Gasteiger partial charge in [0, 0.05) is 29.2 Å². The Kier molecular flexibility index (Phi) is 3.09. The lowest BCUT2D eigenvalue weighted by atomic mass is 10.1. The maximum atomic E-state index is 9.18.